The number of hydrogen-bond donors (Lipinski definition) is 1. The van der Waals surface area contributed by atoms with Crippen molar-refractivity contribution in [1.29, 1.82) is 5.26 Å². The lowest BCUT2D eigenvalue weighted by atomic mass is 10.1. The molecular weight excluding hydrogens is 310 g/mol. The van der Waals surface area contributed by atoms with E-state index in [9.17, 15) is 0 Å². The Labute approximate surface area is 143 Å². The van der Waals surface area contributed by atoms with Crippen LogP contribution in [0.1, 0.15) is 35.8 Å². The normalized spacial score (nSPS) is 15.8. The van der Waals surface area contributed by atoms with Gasteiger partial charge in [0, 0.05) is 13.1 Å². The van der Waals surface area contributed by atoms with Crippen LogP contribution < -0.4 is 5.32 Å². The summed E-state index contributed by atoms with van der Waals surface area (Å²) in [5, 5.41) is 12.5. The van der Waals surface area contributed by atoms with Gasteiger partial charge in [-0.25, -0.2) is 0 Å². The number of nitriles is 1. The second-order valence-corrected chi connectivity index (χ2v) is 5.72. The minimum absolute atomic E-state index is 0. The fourth-order valence-corrected chi connectivity index (χ4v) is 3.05. The smallest absolute Gasteiger partial charge is 0.122 e. The van der Waals surface area contributed by atoms with Crippen LogP contribution in [-0.4, -0.2) is 24.5 Å². The van der Waals surface area contributed by atoms with Crippen molar-refractivity contribution in [3.05, 3.63) is 59.5 Å². The van der Waals surface area contributed by atoms with Gasteiger partial charge in [0.1, 0.15) is 5.76 Å². The first-order chi connectivity index (χ1) is 10.9. The van der Waals surface area contributed by atoms with E-state index in [1.54, 1.807) is 6.26 Å². The van der Waals surface area contributed by atoms with Gasteiger partial charge in [0.2, 0.25) is 0 Å². The molecule has 2 aromatic rings. The predicted octanol–water partition coefficient (Wildman–Crippen LogP) is 3.50. The summed E-state index contributed by atoms with van der Waals surface area (Å²) in [6, 6.07) is 14.2. The number of halogens is 1. The van der Waals surface area contributed by atoms with Crippen LogP contribution in [0.2, 0.25) is 0 Å². The van der Waals surface area contributed by atoms with E-state index in [0.717, 1.165) is 37.5 Å². The predicted molar refractivity (Wildman–Crippen MR) is 92.4 cm³/mol. The van der Waals surface area contributed by atoms with Crippen LogP contribution in [0.25, 0.3) is 0 Å². The molecule has 3 rings (SSSR count). The minimum atomic E-state index is 0. The van der Waals surface area contributed by atoms with E-state index in [-0.39, 0.29) is 18.4 Å². The maximum atomic E-state index is 8.95. The minimum Gasteiger partial charge on any atom is -0.468 e. The Morgan fingerprint density at radius 2 is 2.04 bits per heavy atom. The van der Waals surface area contributed by atoms with Crippen LogP contribution in [0, 0.1) is 11.3 Å². The van der Waals surface area contributed by atoms with Gasteiger partial charge in [-0.3, -0.25) is 4.90 Å². The highest BCUT2D eigenvalue weighted by Crippen LogP contribution is 2.24. The molecule has 1 aliphatic rings. The molecule has 1 atom stereocenters. The molecule has 1 aromatic heterocycles. The van der Waals surface area contributed by atoms with Gasteiger partial charge in [-0.05, 0) is 55.8 Å². The van der Waals surface area contributed by atoms with E-state index in [2.05, 4.69) is 22.4 Å². The van der Waals surface area contributed by atoms with Gasteiger partial charge in [-0.15, -0.1) is 12.4 Å². The van der Waals surface area contributed by atoms with E-state index >= 15 is 0 Å². The number of rotatable bonds is 6. The van der Waals surface area contributed by atoms with Gasteiger partial charge in [0.15, 0.2) is 0 Å². The first-order valence-corrected chi connectivity index (χ1v) is 7.84. The number of furan rings is 1. The van der Waals surface area contributed by atoms with E-state index in [0.29, 0.717) is 5.56 Å². The third kappa shape index (κ3) is 4.59. The van der Waals surface area contributed by atoms with Crippen molar-refractivity contribution in [3.8, 4) is 6.07 Å². The number of likely N-dealkylation sites (tertiary alicyclic amines) is 1. The summed E-state index contributed by atoms with van der Waals surface area (Å²) in [4.78, 5) is 2.48. The molecule has 1 aliphatic heterocycles. The average Bonchev–Trinajstić information content (AvgIpc) is 3.25. The second-order valence-electron chi connectivity index (χ2n) is 5.72. The van der Waals surface area contributed by atoms with Crippen molar-refractivity contribution >= 4 is 12.4 Å². The molecule has 1 aromatic carbocycles. The fraction of sp³-hybridized carbons (Fsp3) is 0.389. The van der Waals surface area contributed by atoms with Crippen LogP contribution >= 0.6 is 12.4 Å². The van der Waals surface area contributed by atoms with E-state index in [4.69, 9.17) is 9.68 Å². The molecule has 2 heterocycles. The molecular formula is C18H22ClN3O. The standard InChI is InChI=1S/C18H21N3O.ClH/c19-12-15-5-3-6-16(11-15)13-20-14-17(18-7-4-10-22-18)21-8-1-2-9-21;/h3-7,10-11,17,20H,1-2,8-9,13-14H2;1H. The summed E-state index contributed by atoms with van der Waals surface area (Å²) in [6.07, 6.45) is 4.28. The Kier molecular flexibility index (Phi) is 6.66. The van der Waals surface area contributed by atoms with Crippen LogP contribution in [-0.2, 0) is 6.54 Å². The number of benzene rings is 1. The van der Waals surface area contributed by atoms with Gasteiger partial charge >= 0.3 is 0 Å². The Hall–Kier alpha value is -1.80. The van der Waals surface area contributed by atoms with Gasteiger partial charge in [-0.2, -0.15) is 5.26 Å². The van der Waals surface area contributed by atoms with Gasteiger partial charge in [-0.1, -0.05) is 12.1 Å². The van der Waals surface area contributed by atoms with Gasteiger partial charge in [0.25, 0.3) is 0 Å². The molecule has 0 amide bonds. The highest BCUT2D eigenvalue weighted by Gasteiger charge is 2.24. The molecule has 0 saturated carbocycles. The summed E-state index contributed by atoms with van der Waals surface area (Å²) in [5.41, 5.74) is 1.85. The molecule has 0 radical (unpaired) electrons. The molecule has 5 heteroatoms. The maximum absolute atomic E-state index is 8.95. The third-order valence-electron chi connectivity index (χ3n) is 4.18. The molecule has 1 N–H and O–H groups in total. The van der Waals surface area contributed by atoms with Crippen molar-refractivity contribution in [3.63, 3.8) is 0 Å². The molecule has 122 valence electrons. The summed E-state index contributed by atoms with van der Waals surface area (Å²) >= 11 is 0. The molecule has 0 aliphatic carbocycles. The topological polar surface area (TPSA) is 52.2 Å². The molecule has 0 spiro atoms. The Bertz CT molecular complexity index is 630. The first-order valence-electron chi connectivity index (χ1n) is 7.84. The highest BCUT2D eigenvalue weighted by molar-refractivity contribution is 5.85. The summed E-state index contributed by atoms with van der Waals surface area (Å²) in [5.74, 6) is 1.03. The van der Waals surface area contributed by atoms with E-state index in [1.165, 1.54) is 12.8 Å². The zero-order chi connectivity index (χ0) is 15.2. The van der Waals surface area contributed by atoms with Crippen LogP contribution in [0.3, 0.4) is 0 Å². The molecule has 23 heavy (non-hydrogen) atoms. The van der Waals surface area contributed by atoms with Crippen LogP contribution in [0.5, 0.6) is 0 Å². The molecule has 0 bridgehead atoms. The van der Waals surface area contributed by atoms with E-state index in [1.807, 2.05) is 30.3 Å². The zero-order valence-corrected chi connectivity index (χ0v) is 13.9. The summed E-state index contributed by atoms with van der Waals surface area (Å²) in [7, 11) is 0. The molecule has 1 saturated heterocycles. The van der Waals surface area contributed by atoms with Crippen molar-refractivity contribution < 1.29 is 4.42 Å². The van der Waals surface area contributed by atoms with Crippen LogP contribution in [0.4, 0.5) is 0 Å². The number of nitrogens with zero attached hydrogens (tertiary/aromatic N) is 2. The lowest BCUT2D eigenvalue weighted by Crippen LogP contribution is -2.33. The summed E-state index contributed by atoms with van der Waals surface area (Å²) in [6.45, 7) is 3.89. The zero-order valence-electron chi connectivity index (χ0n) is 13.1. The number of hydrogen-bond acceptors (Lipinski definition) is 4. The van der Waals surface area contributed by atoms with Crippen molar-refractivity contribution in [2.24, 2.45) is 0 Å². The SMILES string of the molecule is Cl.N#Cc1cccc(CNCC(c2ccco2)N2CCCC2)c1. The monoisotopic (exact) mass is 331 g/mol. The molecule has 4 nitrogen and oxygen atoms in total. The van der Waals surface area contributed by atoms with Crippen LogP contribution in [0.15, 0.2) is 47.1 Å². The Balaban J connectivity index is 0.00000192. The molecule has 1 fully saturated rings. The lowest BCUT2D eigenvalue weighted by molar-refractivity contribution is 0.209. The van der Waals surface area contributed by atoms with Crippen molar-refractivity contribution in [1.82, 2.24) is 10.2 Å². The fourth-order valence-electron chi connectivity index (χ4n) is 3.05. The van der Waals surface area contributed by atoms with Crippen molar-refractivity contribution in [2.45, 2.75) is 25.4 Å². The number of nitrogens with one attached hydrogen (secondary N) is 1. The largest absolute Gasteiger partial charge is 0.468 e. The second kappa shape index (κ2) is 8.73. The Morgan fingerprint density at radius 3 is 2.74 bits per heavy atom. The van der Waals surface area contributed by atoms with Crippen molar-refractivity contribution in [2.75, 3.05) is 19.6 Å². The van der Waals surface area contributed by atoms with E-state index < -0.39 is 0 Å². The van der Waals surface area contributed by atoms with Gasteiger partial charge in [0.05, 0.1) is 23.9 Å². The highest BCUT2D eigenvalue weighted by atomic mass is 35.5. The Morgan fingerprint density at radius 1 is 1.22 bits per heavy atom. The van der Waals surface area contributed by atoms with Gasteiger partial charge < -0.3 is 9.73 Å². The third-order valence-corrected chi connectivity index (χ3v) is 4.18. The quantitative estimate of drug-likeness (QED) is 0.880. The summed E-state index contributed by atoms with van der Waals surface area (Å²) < 4.78 is 5.62. The average molecular weight is 332 g/mol. The maximum Gasteiger partial charge on any atom is 0.122 e. The first kappa shape index (κ1) is 17.6. The molecule has 1 unspecified atom stereocenters. The lowest BCUT2D eigenvalue weighted by Gasteiger charge is -2.26.